The van der Waals surface area contributed by atoms with Crippen LogP contribution in [0, 0.1) is 13.8 Å². The van der Waals surface area contributed by atoms with Crippen molar-refractivity contribution >= 4 is 11.9 Å². The van der Waals surface area contributed by atoms with Crippen LogP contribution in [-0.2, 0) is 0 Å². The molecule has 0 spiro atoms. The minimum atomic E-state index is -0.284. The smallest absolute Gasteiger partial charge is 0.281 e. The average Bonchev–Trinajstić information content (AvgIpc) is 2.88. The average molecular weight is 292 g/mol. The number of carbonyl (C=O) groups is 1. The zero-order chi connectivity index (χ0) is 15.7. The minimum Gasteiger partial charge on any atom is -0.368 e. The Labute approximate surface area is 128 Å². The van der Waals surface area contributed by atoms with Gasteiger partial charge < -0.3 is 5.73 Å². The Hall–Kier alpha value is -2.95. The molecular formula is C17H16N4O. The molecule has 5 nitrogen and oxygen atoms in total. The summed E-state index contributed by atoms with van der Waals surface area (Å²) < 4.78 is 1.15. The molecule has 0 saturated carbocycles. The second kappa shape index (κ2) is 5.44. The van der Waals surface area contributed by atoms with Crippen LogP contribution in [0.25, 0.3) is 11.4 Å². The Morgan fingerprint density at radius 1 is 1.09 bits per heavy atom. The highest BCUT2D eigenvalue weighted by molar-refractivity contribution is 5.97. The second-order valence-corrected chi connectivity index (χ2v) is 5.19. The fourth-order valence-electron chi connectivity index (χ4n) is 2.31. The first-order chi connectivity index (χ1) is 10.6. The Morgan fingerprint density at radius 3 is 2.59 bits per heavy atom. The molecule has 5 heteroatoms. The van der Waals surface area contributed by atoms with Crippen molar-refractivity contribution in [1.29, 1.82) is 0 Å². The van der Waals surface area contributed by atoms with Gasteiger partial charge in [0.2, 0.25) is 5.95 Å². The third-order valence-corrected chi connectivity index (χ3v) is 3.48. The molecule has 3 aromatic rings. The third-order valence-electron chi connectivity index (χ3n) is 3.48. The highest BCUT2D eigenvalue weighted by Gasteiger charge is 2.17. The maximum Gasteiger partial charge on any atom is 0.281 e. The molecule has 22 heavy (non-hydrogen) atoms. The van der Waals surface area contributed by atoms with Crippen molar-refractivity contribution in [3.8, 4) is 11.4 Å². The zero-order valence-electron chi connectivity index (χ0n) is 12.4. The number of hydrogen-bond acceptors (Lipinski definition) is 4. The van der Waals surface area contributed by atoms with Crippen LogP contribution in [-0.4, -0.2) is 20.7 Å². The number of nitrogens with two attached hydrogens (primary N) is 1. The Balaban J connectivity index is 2.03. The normalized spacial score (nSPS) is 10.6. The van der Waals surface area contributed by atoms with Gasteiger partial charge in [0, 0.05) is 11.1 Å². The number of nitrogens with zero attached hydrogens (tertiary/aromatic N) is 3. The van der Waals surface area contributed by atoms with Gasteiger partial charge in [0.05, 0.1) is 0 Å². The van der Waals surface area contributed by atoms with E-state index in [0.29, 0.717) is 11.4 Å². The first-order valence-corrected chi connectivity index (χ1v) is 6.96. The molecule has 1 heterocycles. The lowest BCUT2D eigenvalue weighted by molar-refractivity contribution is 0.0948. The lowest BCUT2D eigenvalue weighted by Gasteiger charge is -2.02. The molecule has 110 valence electrons. The van der Waals surface area contributed by atoms with E-state index in [0.717, 1.165) is 21.4 Å². The van der Waals surface area contributed by atoms with E-state index < -0.39 is 0 Å². The molecule has 0 aliphatic rings. The predicted octanol–water partition coefficient (Wildman–Crippen LogP) is 2.83. The van der Waals surface area contributed by atoms with Gasteiger partial charge in [-0.25, -0.2) is 0 Å². The summed E-state index contributed by atoms with van der Waals surface area (Å²) >= 11 is 0. The van der Waals surface area contributed by atoms with Crippen molar-refractivity contribution in [2.45, 2.75) is 13.8 Å². The van der Waals surface area contributed by atoms with E-state index in [1.165, 1.54) is 0 Å². The first kappa shape index (κ1) is 14.0. The SMILES string of the molecule is Cc1cccc(C(=O)n2nc(-c3ccccc3C)nc2N)c1. The van der Waals surface area contributed by atoms with Crippen LogP contribution in [0.3, 0.4) is 0 Å². The van der Waals surface area contributed by atoms with Gasteiger partial charge in [0.1, 0.15) is 0 Å². The predicted molar refractivity (Wildman–Crippen MR) is 85.5 cm³/mol. The third kappa shape index (κ3) is 2.48. The van der Waals surface area contributed by atoms with Crippen LogP contribution in [0.15, 0.2) is 48.5 Å². The summed E-state index contributed by atoms with van der Waals surface area (Å²) in [5.41, 5.74) is 9.31. The summed E-state index contributed by atoms with van der Waals surface area (Å²) in [7, 11) is 0. The van der Waals surface area contributed by atoms with Crippen molar-refractivity contribution in [2.24, 2.45) is 0 Å². The van der Waals surface area contributed by atoms with Gasteiger partial charge in [0.25, 0.3) is 5.91 Å². The molecule has 2 aromatic carbocycles. The fourth-order valence-corrected chi connectivity index (χ4v) is 2.31. The van der Waals surface area contributed by atoms with Crippen molar-refractivity contribution in [2.75, 3.05) is 5.73 Å². The molecular weight excluding hydrogens is 276 g/mol. The van der Waals surface area contributed by atoms with Crippen LogP contribution in [0.5, 0.6) is 0 Å². The van der Waals surface area contributed by atoms with E-state index in [1.54, 1.807) is 12.1 Å². The van der Waals surface area contributed by atoms with Crippen LogP contribution in [0.1, 0.15) is 21.5 Å². The maximum absolute atomic E-state index is 12.5. The topological polar surface area (TPSA) is 73.8 Å². The number of nitrogen functional groups attached to an aromatic ring is 1. The summed E-state index contributed by atoms with van der Waals surface area (Å²) in [6.07, 6.45) is 0. The molecule has 0 radical (unpaired) electrons. The van der Waals surface area contributed by atoms with E-state index in [2.05, 4.69) is 10.1 Å². The van der Waals surface area contributed by atoms with E-state index in [9.17, 15) is 4.79 Å². The van der Waals surface area contributed by atoms with Crippen LogP contribution in [0.4, 0.5) is 5.95 Å². The van der Waals surface area contributed by atoms with E-state index >= 15 is 0 Å². The summed E-state index contributed by atoms with van der Waals surface area (Å²) in [5.74, 6) is 0.259. The molecule has 0 atom stereocenters. The number of benzene rings is 2. The van der Waals surface area contributed by atoms with Gasteiger partial charge in [-0.15, -0.1) is 5.10 Å². The quantitative estimate of drug-likeness (QED) is 0.788. The molecule has 0 aliphatic carbocycles. The summed E-state index contributed by atoms with van der Waals surface area (Å²) in [4.78, 5) is 16.7. The first-order valence-electron chi connectivity index (χ1n) is 6.96. The van der Waals surface area contributed by atoms with Crippen molar-refractivity contribution in [1.82, 2.24) is 14.8 Å². The molecule has 0 saturated heterocycles. The summed E-state index contributed by atoms with van der Waals surface area (Å²) in [5, 5.41) is 4.28. The molecule has 0 amide bonds. The van der Waals surface area contributed by atoms with Gasteiger partial charge >= 0.3 is 0 Å². The number of anilines is 1. The molecule has 0 aliphatic heterocycles. The Kier molecular flexibility index (Phi) is 3.47. The Morgan fingerprint density at radius 2 is 1.86 bits per heavy atom. The lowest BCUT2D eigenvalue weighted by atomic mass is 10.1. The minimum absolute atomic E-state index is 0.0877. The van der Waals surface area contributed by atoms with Gasteiger partial charge in [-0.05, 0) is 31.5 Å². The van der Waals surface area contributed by atoms with Crippen molar-refractivity contribution in [3.63, 3.8) is 0 Å². The highest BCUT2D eigenvalue weighted by Crippen LogP contribution is 2.21. The number of carbonyl (C=O) groups excluding carboxylic acids is 1. The van der Waals surface area contributed by atoms with Crippen molar-refractivity contribution < 1.29 is 4.79 Å². The lowest BCUT2D eigenvalue weighted by Crippen LogP contribution is -2.16. The number of aromatic nitrogens is 3. The summed E-state index contributed by atoms with van der Waals surface area (Å²) in [6.45, 7) is 3.90. The van der Waals surface area contributed by atoms with Crippen LogP contribution in [0.2, 0.25) is 0 Å². The fraction of sp³-hybridized carbons (Fsp3) is 0.118. The number of hydrogen-bond donors (Lipinski definition) is 1. The standard InChI is InChI=1S/C17H16N4O/c1-11-6-5-8-13(10-11)16(22)21-17(18)19-15(20-21)14-9-4-3-7-12(14)2/h3-10H,1-2H3,(H2,18,19,20). The van der Waals surface area contributed by atoms with Gasteiger partial charge in [-0.3, -0.25) is 4.79 Å². The highest BCUT2D eigenvalue weighted by atomic mass is 16.2. The largest absolute Gasteiger partial charge is 0.368 e. The van der Waals surface area contributed by atoms with Gasteiger partial charge in [-0.1, -0.05) is 42.0 Å². The molecule has 3 rings (SSSR count). The number of rotatable bonds is 2. The maximum atomic E-state index is 12.5. The monoisotopic (exact) mass is 292 g/mol. The van der Waals surface area contributed by atoms with Gasteiger partial charge in [-0.2, -0.15) is 9.67 Å². The van der Waals surface area contributed by atoms with E-state index in [1.807, 2.05) is 50.2 Å². The van der Waals surface area contributed by atoms with E-state index in [-0.39, 0.29) is 11.9 Å². The zero-order valence-corrected chi connectivity index (χ0v) is 12.4. The Bertz CT molecular complexity index is 851. The number of aryl methyl sites for hydroxylation is 2. The summed E-state index contributed by atoms with van der Waals surface area (Å²) in [6, 6.07) is 15.0. The molecule has 2 N–H and O–H groups in total. The van der Waals surface area contributed by atoms with Crippen LogP contribution >= 0.6 is 0 Å². The molecule has 1 aromatic heterocycles. The molecule has 0 bridgehead atoms. The van der Waals surface area contributed by atoms with Gasteiger partial charge in [0.15, 0.2) is 5.82 Å². The molecule has 0 fully saturated rings. The van der Waals surface area contributed by atoms with Crippen LogP contribution < -0.4 is 5.73 Å². The van der Waals surface area contributed by atoms with Crippen molar-refractivity contribution in [3.05, 3.63) is 65.2 Å². The second-order valence-electron chi connectivity index (χ2n) is 5.19. The molecule has 0 unspecified atom stereocenters. The van der Waals surface area contributed by atoms with E-state index in [4.69, 9.17) is 5.73 Å².